The van der Waals surface area contributed by atoms with Crippen LogP contribution in [0.1, 0.15) is 26.2 Å². The van der Waals surface area contributed by atoms with Crippen molar-refractivity contribution in [2.24, 2.45) is 0 Å². The summed E-state index contributed by atoms with van der Waals surface area (Å²) in [6.07, 6.45) is 1.16. The van der Waals surface area contributed by atoms with E-state index in [9.17, 15) is 13.2 Å². The SMILES string of the molecule is CCCC(=O)OC1CCS(=O)(=O)C1. The molecular weight excluding hydrogens is 192 g/mol. The predicted octanol–water partition coefficient (Wildman–Crippen LogP) is 0.517. The predicted molar refractivity (Wildman–Crippen MR) is 48.1 cm³/mol. The molecule has 0 radical (unpaired) electrons. The van der Waals surface area contributed by atoms with E-state index in [0.29, 0.717) is 12.8 Å². The Balaban J connectivity index is 2.36. The van der Waals surface area contributed by atoms with E-state index < -0.39 is 15.9 Å². The van der Waals surface area contributed by atoms with Crippen LogP contribution in [0, 0.1) is 0 Å². The summed E-state index contributed by atoms with van der Waals surface area (Å²) >= 11 is 0. The van der Waals surface area contributed by atoms with Gasteiger partial charge in [0.05, 0.1) is 11.5 Å². The Bertz CT molecular complexity index is 281. The second kappa shape index (κ2) is 4.09. The molecule has 1 aliphatic heterocycles. The number of carbonyl (C=O) groups excluding carboxylic acids is 1. The van der Waals surface area contributed by atoms with Gasteiger partial charge < -0.3 is 4.74 Å². The van der Waals surface area contributed by atoms with Crippen LogP contribution in [-0.4, -0.2) is 32.0 Å². The van der Waals surface area contributed by atoms with E-state index in [-0.39, 0.29) is 17.5 Å². The van der Waals surface area contributed by atoms with Gasteiger partial charge in [-0.05, 0) is 12.8 Å². The second-order valence-electron chi connectivity index (χ2n) is 3.26. The molecule has 0 amide bonds. The van der Waals surface area contributed by atoms with Gasteiger partial charge in [-0.15, -0.1) is 0 Å². The third kappa shape index (κ3) is 3.34. The largest absolute Gasteiger partial charge is 0.461 e. The van der Waals surface area contributed by atoms with Crippen molar-refractivity contribution in [3.8, 4) is 0 Å². The summed E-state index contributed by atoms with van der Waals surface area (Å²) in [6.45, 7) is 1.88. The molecule has 0 N–H and O–H groups in total. The van der Waals surface area contributed by atoms with Crippen LogP contribution in [0.2, 0.25) is 0 Å². The summed E-state index contributed by atoms with van der Waals surface area (Å²) in [4.78, 5) is 11.0. The highest BCUT2D eigenvalue weighted by atomic mass is 32.2. The van der Waals surface area contributed by atoms with Crippen LogP contribution < -0.4 is 0 Å². The van der Waals surface area contributed by atoms with Gasteiger partial charge in [0.25, 0.3) is 0 Å². The lowest BCUT2D eigenvalue weighted by Gasteiger charge is -2.08. The lowest BCUT2D eigenvalue weighted by molar-refractivity contribution is -0.147. The molecule has 13 heavy (non-hydrogen) atoms. The molecule has 1 unspecified atom stereocenters. The fourth-order valence-electron chi connectivity index (χ4n) is 1.30. The van der Waals surface area contributed by atoms with Crippen molar-refractivity contribution < 1.29 is 17.9 Å². The first-order valence-electron chi connectivity index (χ1n) is 4.43. The highest BCUT2D eigenvalue weighted by molar-refractivity contribution is 7.91. The molecule has 0 spiro atoms. The van der Waals surface area contributed by atoms with Gasteiger partial charge in [-0.25, -0.2) is 8.42 Å². The fraction of sp³-hybridized carbons (Fsp3) is 0.875. The third-order valence-corrected chi connectivity index (χ3v) is 3.68. The summed E-state index contributed by atoms with van der Waals surface area (Å²) in [7, 11) is -2.93. The molecule has 76 valence electrons. The maximum Gasteiger partial charge on any atom is 0.306 e. The van der Waals surface area contributed by atoms with E-state index >= 15 is 0 Å². The lowest BCUT2D eigenvalue weighted by atomic mass is 10.3. The van der Waals surface area contributed by atoms with Gasteiger partial charge in [0, 0.05) is 6.42 Å². The van der Waals surface area contributed by atoms with Crippen LogP contribution in [-0.2, 0) is 19.4 Å². The number of hydrogen-bond acceptors (Lipinski definition) is 4. The zero-order chi connectivity index (χ0) is 9.90. The molecule has 1 rings (SSSR count). The van der Waals surface area contributed by atoms with Gasteiger partial charge >= 0.3 is 5.97 Å². The second-order valence-corrected chi connectivity index (χ2v) is 5.49. The maximum absolute atomic E-state index is 11.0. The van der Waals surface area contributed by atoms with Crippen LogP contribution in [0.5, 0.6) is 0 Å². The molecule has 1 atom stereocenters. The first-order chi connectivity index (χ1) is 6.03. The first kappa shape index (κ1) is 10.5. The molecule has 4 nitrogen and oxygen atoms in total. The highest BCUT2D eigenvalue weighted by Gasteiger charge is 2.30. The van der Waals surface area contributed by atoms with Crippen LogP contribution >= 0.6 is 0 Å². The molecule has 5 heteroatoms. The zero-order valence-electron chi connectivity index (χ0n) is 7.65. The Kier molecular flexibility index (Phi) is 3.30. The molecule has 0 aromatic carbocycles. The molecule has 0 saturated carbocycles. The number of sulfone groups is 1. The Hall–Kier alpha value is -0.580. The van der Waals surface area contributed by atoms with Gasteiger partial charge in [0.15, 0.2) is 9.84 Å². The number of rotatable bonds is 3. The average molecular weight is 206 g/mol. The minimum Gasteiger partial charge on any atom is -0.461 e. The highest BCUT2D eigenvalue weighted by Crippen LogP contribution is 2.15. The van der Waals surface area contributed by atoms with Crippen LogP contribution in [0.4, 0.5) is 0 Å². The van der Waals surface area contributed by atoms with E-state index in [0.717, 1.165) is 6.42 Å². The summed E-state index contributed by atoms with van der Waals surface area (Å²) in [5, 5.41) is 0. The Morgan fingerprint density at radius 3 is 2.69 bits per heavy atom. The van der Waals surface area contributed by atoms with Gasteiger partial charge in [-0.1, -0.05) is 6.92 Å². The fourth-order valence-corrected chi connectivity index (χ4v) is 2.89. The van der Waals surface area contributed by atoms with Crippen molar-refractivity contribution >= 4 is 15.8 Å². The molecule has 1 aliphatic rings. The Morgan fingerprint density at radius 1 is 1.54 bits per heavy atom. The average Bonchev–Trinajstić information content (AvgIpc) is 2.30. The van der Waals surface area contributed by atoms with Gasteiger partial charge in [0.2, 0.25) is 0 Å². The summed E-state index contributed by atoms with van der Waals surface area (Å²) in [6, 6.07) is 0. The van der Waals surface area contributed by atoms with E-state index in [1.165, 1.54) is 0 Å². The molecule has 0 aliphatic carbocycles. The third-order valence-electron chi connectivity index (χ3n) is 1.94. The molecular formula is C8H14O4S. The van der Waals surface area contributed by atoms with E-state index in [1.807, 2.05) is 6.92 Å². The monoisotopic (exact) mass is 206 g/mol. The summed E-state index contributed by atoms with van der Waals surface area (Å²) in [5.74, 6) is -0.135. The van der Waals surface area contributed by atoms with Gasteiger partial charge in [-0.3, -0.25) is 4.79 Å². The summed E-state index contributed by atoms with van der Waals surface area (Å²) < 4.78 is 26.9. The van der Waals surface area contributed by atoms with E-state index in [2.05, 4.69) is 0 Å². The minimum atomic E-state index is -2.93. The molecule has 1 heterocycles. The molecule has 0 aromatic rings. The molecule has 0 aromatic heterocycles. The number of ether oxygens (including phenoxy) is 1. The minimum absolute atomic E-state index is 0.00243. The molecule has 0 bridgehead atoms. The van der Waals surface area contributed by atoms with Crippen LogP contribution in [0.25, 0.3) is 0 Å². The van der Waals surface area contributed by atoms with Gasteiger partial charge in [0.1, 0.15) is 6.10 Å². The van der Waals surface area contributed by atoms with Crippen molar-refractivity contribution in [3.63, 3.8) is 0 Å². The van der Waals surface area contributed by atoms with Crippen molar-refractivity contribution in [2.75, 3.05) is 11.5 Å². The van der Waals surface area contributed by atoms with Crippen LogP contribution in [0.3, 0.4) is 0 Å². The Labute approximate surface area is 78.2 Å². The number of hydrogen-bond donors (Lipinski definition) is 0. The Morgan fingerprint density at radius 2 is 2.23 bits per heavy atom. The quantitative estimate of drug-likeness (QED) is 0.631. The standard InChI is InChI=1S/C8H14O4S/c1-2-3-8(9)12-7-4-5-13(10,11)6-7/h7H,2-6H2,1H3. The number of carbonyl (C=O) groups is 1. The topological polar surface area (TPSA) is 60.4 Å². The van der Waals surface area contributed by atoms with Crippen molar-refractivity contribution in [2.45, 2.75) is 32.3 Å². The lowest BCUT2D eigenvalue weighted by Crippen LogP contribution is -2.18. The van der Waals surface area contributed by atoms with Crippen molar-refractivity contribution in [3.05, 3.63) is 0 Å². The van der Waals surface area contributed by atoms with Crippen molar-refractivity contribution in [1.29, 1.82) is 0 Å². The molecule has 1 saturated heterocycles. The first-order valence-corrected chi connectivity index (χ1v) is 6.25. The van der Waals surface area contributed by atoms with E-state index in [1.54, 1.807) is 0 Å². The van der Waals surface area contributed by atoms with Crippen LogP contribution in [0.15, 0.2) is 0 Å². The maximum atomic E-state index is 11.0. The smallest absolute Gasteiger partial charge is 0.306 e. The van der Waals surface area contributed by atoms with Crippen molar-refractivity contribution in [1.82, 2.24) is 0 Å². The number of esters is 1. The zero-order valence-corrected chi connectivity index (χ0v) is 8.47. The normalized spacial score (nSPS) is 25.8. The van der Waals surface area contributed by atoms with Gasteiger partial charge in [-0.2, -0.15) is 0 Å². The summed E-state index contributed by atoms with van der Waals surface area (Å²) in [5.41, 5.74) is 0. The van der Waals surface area contributed by atoms with E-state index in [4.69, 9.17) is 4.74 Å². The molecule has 1 fully saturated rings.